The van der Waals surface area contributed by atoms with Crippen molar-refractivity contribution in [2.45, 2.75) is 52.2 Å². The molecule has 0 atom stereocenters. The third kappa shape index (κ3) is 4.45. The molecule has 3 rings (SSSR count). The molecule has 1 amide bonds. The van der Waals surface area contributed by atoms with Crippen LogP contribution in [0.15, 0.2) is 24.5 Å². The average Bonchev–Trinajstić information content (AvgIpc) is 3.00. The largest absolute Gasteiger partial charge is 0.376 e. The standard InChI is InChI=1S/C19H26N4O2/c1-14(2)23-18-8-12-25-13-16(18)17(22-23)3-4-19(24)21-11-7-15-5-9-20-10-6-15/h5-6,9-10,14H,3-4,7-8,11-13H2,1-2H3,(H,21,24). The van der Waals surface area contributed by atoms with Gasteiger partial charge in [-0.2, -0.15) is 5.10 Å². The van der Waals surface area contributed by atoms with E-state index in [0.29, 0.717) is 32.0 Å². The third-order valence-electron chi connectivity index (χ3n) is 4.49. The number of pyridine rings is 1. The van der Waals surface area contributed by atoms with Crippen molar-refractivity contribution >= 4 is 5.91 Å². The maximum Gasteiger partial charge on any atom is 0.220 e. The summed E-state index contributed by atoms with van der Waals surface area (Å²) < 4.78 is 7.68. The SMILES string of the molecule is CC(C)n1nc(CCC(=O)NCCc2ccncc2)c2c1CCOC2. The van der Waals surface area contributed by atoms with Gasteiger partial charge in [0.15, 0.2) is 0 Å². The highest BCUT2D eigenvalue weighted by Crippen LogP contribution is 2.24. The summed E-state index contributed by atoms with van der Waals surface area (Å²) in [4.78, 5) is 16.1. The van der Waals surface area contributed by atoms with Crippen molar-refractivity contribution in [2.24, 2.45) is 0 Å². The lowest BCUT2D eigenvalue weighted by Crippen LogP contribution is -2.26. The van der Waals surface area contributed by atoms with Gasteiger partial charge in [-0.15, -0.1) is 0 Å². The van der Waals surface area contributed by atoms with Gasteiger partial charge in [0.1, 0.15) is 0 Å². The van der Waals surface area contributed by atoms with Gasteiger partial charge in [0.25, 0.3) is 0 Å². The topological polar surface area (TPSA) is 69.0 Å². The van der Waals surface area contributed by atoms with Gasteiger partial charge in [0.2, 0.25) is 5.91 Å². The van der Waals surface area contributed by atoms with E-state index in [-0.39, 0.29) is 5.91 Å². The Balaban J connectivity index is 1.52. The Morgan fingerprint density at radius 3 is 2.88 bits per heavy atom. The summed E-state index contributed by atoms with van der Waals surface area (Å²) in [7, 11) is 0. The summed E-state index contributed by atoms with van der Waals surface area (Å²) in [5.74, 6) is 0.0682. The minimum atomic E-state index is 0.0682. The van der Waals surface area contributed by atoms with Crippen LogP contribution in [0.3, 0.4) is 0 Å². The van der Waals surface area contributed by atoms with Crippen LogP contribution in [-0.4, -0.2) is 33.8 Å². The Morgan fingerprint density at radius 1 is 1.32 bits per heavy atom. The Hall–Kier alpha value is -2.21. The van der Waals surface area contributed by atoms with Crippen LogP contribution in [0.25, 0.3) is 0 Å². The van der Waals surface area contributed by atoms with E-state index >= 15 is 0 Å². The Kier molecular flexibility index (Phi) is 5.81. The number of rotatable bonds is 7. The number of nitrogens with one attached hydrogen (secondary N) is 1. The minimum Gasteiger partial charge on any atom is -0.376 e. The molecule has 25 heavy (non-hydrogen) atoms. The van der Waals surface area contributed by atoms with Gasteiger partial charge in [-0.05, 0) is 38.0 Å². The maximum atomic E-state index is 12.1. The van der Waals surface area contributed by atoms with Crippen LogP contribution < -0.4 is 5.32 Å². The lowest BCUT2D eigenvalue weighted by molar-refractivity contribution is -0.121. The molecule has 0 radical (unpaired) electrons. The highest BCUT2D eigenvalue weighted by atomic mass is 16.5. The quantitative estimate of drug-likeness (QED) is 0.838. The number of fused-ring (bicyclic) bond motifs is 1. The lowest BCUT2D eigenvalue weighted by atomic mass is 10.1. The van der Waals surface area contributed by atoms with E-state index in [9.17, 15) is 4.79 Å². The number of carbonyl (C=O) groups excluding carboxylic acids is 1. The number of aromatic nitrogens is 3. The van der Waals surface area contributed by atoms with E-state index < -0.39 is 0 Å². The summed E-state index contributed by atoms with van der Waals surface area (Å²) in [6.45, 7) is 6.28. The predicted octanol–water partition coefficient (Wildman–Crippen LogP) is 2.22. The third-order valence-corrected chi connectivity index (χ3v) is 4.49. The van der Waals surface area contributed by atoms with E-state index in [1.807, 2.05) is 12.1 Å². The van der Waals surface area contributed by atoms with E-state index in [2.05, 4.69) is 28.8 Å². The second-order valence-corrected chi connectivity index (χ2v) is 6.67. The molecule has 134 valence electrons. The molecular weight excluding hydrogens is 316 g/mol. The molecule has 1 aliphatic heterocycles. The molecule has 0 saturated heterocycles. The molecule has 0 unspecified atom stereocenters. The maximum absolute atomic E-state index is 12.1. The fourth-order valence-electron chi connectivity index (χ4n) is 3.17. The average molecular weight is 342 g/mol. The van der Waals surface area contributed by atoms with Gasteiger partial charge in [-0.3, -0.25) is 14.5 Å². The van der Waals surface area contributed by atoms with Crippen LogP contribution in [0, 0.1) is 0 Å². The van der Waals surface area contributed by atoms with Crippen molar-refractivity contribution < 1.29 is 9.53 Å². The second-order valence-electron chi connectivity index (χ2n) is 6.67. The van der Waals surface area contributed by atoms with E-state index in [1.165, 1.54) is 16.8 Å². The fraction of sp³-hybridized carbons (Fsp3) is 0.526. The molecule has 1 N–H and O–H groups in total. The van der Waals surface area contributed by atoms with E-state index in [4.69, 9.17) is 9.84 Å². The number of nitrogens with zero attached hydrogens (tertiary/aromatic N) is 3. The fourth-order valence-corrected chi connectivity index (χ4v) is 3.17. The molecule has 0 saturated carbocycles. The first kappa shape index (κ1) is 17.6. The Labute approximate surface area is 148 Å². The molecule has 6 heteroatoms. The molecule has 0 bridgehead atoms. The van der Waals surface area contributed by atoms with Gasteiger partial charge in [-0.1, -0.05) is 0 Å². The zero-order chi connectivity index (χ0) is 17.6. The van der Waals surface area contributed by atoms with Gasteiger partial charge in [-0.25, -0.2) is 0 Å². The minimum absolute atomic E-state index is 0.0682. The van der Waals surface area contributed by atoms with Crippen molar-refractivity contribution in [3.63, 3.8) is 0 Å². The molecule has 0 aliphatic carbocycles. The van der Waals surface area contributed by atoms with Crippen LogP contribution in [0.5, 0.6) is 0 Å². The van der Waals surface area contributed by atoms with Crippen LogP contribution >= 0.6 is 0 Å². The zero-order valence-electron chi connectivity index (χ0n) is 15.0. The summed E-state index contributed by atoms with van der Waals surface area (Å²) in [5.41, 5.74) is 4.64. The van der Waals surface area contributed by atoms with Crippen molar-refractivity contribution in [3.05, 3.63) is 47.0 Å². The second kappa shape index (κ2) is 8.25. The monoisotopic (exact) mass is 342 g/mol. The molecule has 6 nitrogen and oxygen atoms in total. The number of amides is 1. The van der Waals surface area contributed by atoms with Crippen molar-refractivity contribution in [1.29, 1.82) is 0 Å². The highest BCUT2D eigenvalue weighted by Gasteiger charge is 2.22. The number of aryl methyl sites for hydroxylation is 1. The summed E-state index contributed by atoms with van der Waals surface area (Å²) in [6, 6.07) is 4.27. The molecule has 2 aromatic rings. The van der Waals surface area contributed by atoms with Gasteiger partial charge in [0, 0.05) is 55.5 Å². The van der Waals surface area contributed by atoms with Crippen LogP contribution in [0.1, 0.15) is 48.8 Å². The molecule has 0 spiro atoms. The number of hydrogen-bond donors (Lipinski definition) is 1. The number of carbonyl (C=O) groups is 1. The number of ether oxygens (including phenoxy) is 1. The summed E-state index contributed by atoms with van der Waals surface area (Å²) >= 11 is 0. The predicted molar refractivity (Wildman–Crippen MR) is 95.2 cm³/mol. The Bertz CT molecular complexity index is 710. The molecule has 0 aromatic carbocycles. The first-order valence-corrected chi connectivity index (χ1v) is 8.97. The molecule has 1 aliphatic rings. The van der Waals surface area contributed by atoms with E-state index in [1.54, 1.807) is 12.4 Å². The van der Waals surface area contributed by atoms with Crippen molar-refractivity contribution in [3.8, 4) is 0 Å². The molecule has 0 fully saturated rings. The van der Waals surface area contributed by atoms with Crippen molar-refractivity contribution in [2.75, 3.05) is 13.2 Å². The van der Waals surface area contributed by atoms with Gasteiger partial charge >= 0.3 is 0 Å². The summed E-state index contributed by atoms with van der Waals surface area (Å²) in [6.07, 6.45) is 6.38. The van der Waals surface area contributed by atoms with Gasteiger partial charge in [0.05, 0.1) is 18.9 Å². The smallest absolute Gasteiger partial charge is 0.220 e. The Morgan fingerprint density at radius 2 is 2.12 bits per heavy atom. The number of hydrogen-bond acceptors (Lipinski definition) is 4. The van der Waals surface area contributed by atoms with Crippen LogP contribution in [-0.2, 0) is 35.4 Å². The first-order valence-electron chi connectivity index (χ1n) is 8.97. The van der Waals surface area contributed by atoms with E-state index in [0.717, 1.165) is 25.1 Å². The zero-order valence-corrected chi connectivity index (χ0v) is 15.0. The highest BCUT2D eigenvalue weighted by molar-refractivity contribution is 5.76. The molecule has 3 heterocycles. The van der Waals surface area contributed by atoms with Gasteiger partial charge < -0.3 is 10.1 Å². The van der Waals surface area contributed by atoms with Crippen LogP contribution in [0.4, 0.5) is 0 Å². The van der Waals surface area contributed by atoms with Crippen LogP contribution in [0.2, 0.25) is 0 Å². The molecule has 2 aromatic heterocycles. The lowest BCUT2D eigenvalue weighted by Gasteiger charge is -2.16. The summed E-state index contributed by atoms with van der Waals surface area (Å²) in [5, 5.41) is 7.73. The first-order chi connectivity index (χ1) is 12.1. The van der Waals surface area contributed by atoms with Crippen molar-refractivity contribution in [1.82, 2.24) is 20.1 Å². The molecular formula is C19H26N4O2. The normalized spacial score (nSPS) is 13.7.